The molecule has 0 atom stereocenters. The molecule has 0 rings (SSSR count). The average molecular weight is 173 g/mol. The molecule has 12 heavy (non-hydrogen) atoms. The van der Waals surface area contributed by atoms with E-state index in [9.17, 15) is 4.79 Å². The zero-order chi connectivity index (χ0) is 9.61. The van der Waals surface area contributed by atoms with Crippen molar-refractivity contribution in [1.82, 2.24) is 5.32 Å². The van der Waals surface area contributed by atoms with Crippen LogP contribution in [0.2, 0.25) is 0 Å². The highest BCUT2D eigenvalue weighted by molar-refractivity contribution is 5.87. The lowest BCUT2D eigenvalue weighted by Gasteiger charge is -2.25. The molecular formula is C8H15NO3. The Balaban J connectivity index is 4.11. The monoisotopic (exact) mass is 173 g/mol. The molecule has 0 aliphatic rings. The van der Waals surface area contributed by atoms with Crippen LogP contribution in [0.3, 0.4) is 0 Å². The molecule has 0 radical (unpaired) electrons. The van der Waals surface area contributed by atoms with E-state index in [2.05, 4.69) is 5.32 Å². The second kappa shape index (κ2) is 4.90. The Morgan fingerprint density at radius 3 is 2.33 bits per heavy atom. The van der Waals surface area contributed by atoms with Crippen molar-refractivity contribution in [3.8, 4) is 0 Å². The maximum absolute atomic E-state index is 11.0. The van der Waals surface area contributed by atoms with Gasteiger partial charge in [0.25, 0.3) is 0 Å². The summed E-state index contributed by atoms with van der Waals surface area (Å²) in [6, 6.07) is 0. The van der Waals surface area contributed by atoms with Crippen molar-refractivity contribution < 1.29 is 15.0 Å². The van der Waals surface area contributed by atoms with Crippen LogP contribution in [0.4, 0.5) is 0 Å². The van der Waals surface area contributed by atoms with E-state index in [1.165, 1.54) is 6.08 Å². The van der Waals surface area contributed by atoms with E-state index in [4.69, 9.17) is 10.2 Å². The van der Waals surface area contributed by atoms with Gasteiger partial charge in [0.2, 0.25) is 5.91 Å². The van der Waals surface area contributed by atoms with E-state index in [1.54, 1.807) is 19.9 Å². The molecule has 0 spiro atoms. The van der Waals surface area contributed by atoms with Crippen molar-refractivity contribution >= 4 is 5.91 Å². The highest BCUT2D eigenvalue weighted by atomic mass is 16.3. The minimum atomic E-state index is -0.934. The maximum Gasteiger partial charge on any atom is 0.244 e. The Bertz CT molecular complexity index is 173. The van der Waals surface area contributed by atoms with Crippen LogP contribution in [0, 0.1) is 0 Å². The normalized spacial score (nSPS) is 12.0. The molecule has 0 aromatic carbocycles. The number of carbonyl (C=O) groups excluding carboxylic acids is 1. The second-order valence-corrected chi connectivity index (χ2v) is 2.87. The Hall–Kier alpha value is -0.870. The van der Waals surface area contributed by atoms with Gasteiger partial charge in [0.1, 0.15) is 0 Å². The van der Waals surface area contributed by atoms with Gasteiger partial charge >= 0.3 is 0 Å². The third-order valence-electron chi connectivity index (χ3n) is 1.44. The molecule has 4 nitrogen and oxygen atoms in total. The standard InChI is InChI=1S/C8H15NO3/c1-3-4-7(12)9-8(2,5-10)6-11/h3-4,10-11H,5-6H2,1-2H3,(H,9,12)/b4-3+. The van der Waals surface area contributed by atoms with Gasteiger partial charge in [0, 0.05) is 0 Å². The predicted octanol–water partition coefficient (Wildman–Crippen LogP) is -0.578. The maximum atomic E-state index is 11.0. The first-order chi connectivity index (χ1) is 5.58. The molecule has 0 bridgehead atoms. The number of aliphatic hydroxyl groups is 2. The lowest BCUT2D eigenvalue weighted by atomic mass is 10.1. The van der Waals surface area contributed by atoms with Crippen molar-refractivity contribution in [3.05, 3.63) is 12.2 Å². The van der Waals surface area contributed by atoms with Crippen molar-refractivity contribution in [2.24, 2.45) is 0 Å². The topological polar surface area (TPSA) is 69.6 Å². The number of nitrogens with one attached hydrogen (secondary N) is 1. The van der Waals surface area contributed by atoms with Gasteiger partial charge in [-0.1, -0.05) is 6.08 Å². The van der Waals surface area contributed by atoms with E-state index in [1.807, 2.05) is 0 Å². The van der Waals surface area contributed by atoms with Crippen molar-refractivity contribution in [3.63, 3.8) is 0 Å². The fourth-order valence-electron chi connectivity index (χ4n) is 0.620. The summed E-state index contributed by atoms with van der Waals surface area (Å²) in [7, 11) is 0. The molecule has 0 aromatic rings. The number of hydrogen-bond donors (Lipinski definition) is 3. The fraction of sp³-hybridized carbons (Fsp3) is 0.625. The summed E-state index contributed by atoms with van der Waals surface area (Å²) in [4.78, 5) is 11.0. The largest absolute Gasteiger partial charge is 0.394 e. The van der Waals surface area contributed by atoms with Crippen LogP contribution in [0.25, 0.3) is 0 Å². The van der Waals surface area contributed by atoms with Gasteiger partial charge in [-0.2, -0.15) is 0 Å². The Morgan fingerprint density at radius 1 is 1.50 bits per heavy atom. The smallest absolute Gasteiger partial charge is 0.244 e. The van der Waals surface area contributed by atoms with Gasteiger partial charge in [-0.25, -0.2) is 0 Å². The predicted molar refractivity (Wildman–Crippen MR) is 45.5 cm³/mol. The molecule has 0 aliphatic carbocycles. The van der Waals surface area contributed by atoms with Crippen LogP contribution < -0.4 is 5.32 Å². The molecule has 1 amide bonds. The molecule has 0 aromatic heterocycles. The molecular weight excluding hydrogens is 158 g/mol. The van der Waals surface area contributed by atoms with Gasteiger partial charge in [0.05, 0.1) is 18.8 Å². The third-order valence-corrected chi connectivity index (χ3v) is 1.44. The summed E-state index contributed by atoms with van der Waals surface area (Å²) < 4.78 is 0. The lowest BCUT2D eigenvalue weighted by molar-refractivity contribution is -0.119. The molecule has 0 aliphatic heterocycles. The zero-order valence-electron chi connectivity index (χ0n) is 7.37. The van der Waals surface area contributed by atoms with Crippen molar-refractivity contribution in [1.29, 1.82) is 0 Å². The first-order valence-electron chi connectivity index (χ1n) is 3.74. The molecule has 0 heterocycles. The van der Waals surface area contributed by atoms with Crippen LogP contribution in [0.5, 0.6) is 0 Å². The van der Waals surface area contributed by atoms with E-state index < -0.39 is 5.54 Å². The van der Waals surface area contributed by atoms with Gasteiger partial charge in [-0.05, 0) is 19.9 Å². The summed E-state index contributed by atoms with van der Waals surface area (Å²) in [5, 5.41) is 20.1. The Labute approximate surface area is 71.9 Å². The summed E-state index contributed by atoms with van der Waals surface area (Å²) in [6.07, 6.45) is 2.92. The minimum Gasteiger partial charge on any atom is -0.394 e. The summed E-state index contributed by atoms with van der Waals surface area (Å²) in [5.41, 5.74) is -0.934. The van der Waals surface area contributed by atoms with E-state index in [-0.39, 0.29) is 19.1 Å². The Kier molecular flexibility index (Phi) is 4.54. The summed E-state index contributed by atoms with van der Waals surface area (Å²) in [6.45, 7) is 2.71. The highest BCUT2D eigenvalue weighted by Crippen LogP contribution is 1.99. The molecule has 70 valence electrons. The number of aliphatic hydroxyl groups excluding tert-OH is 2. The van der Waals surface area contributed by atoms with E-state index in [0.717, 1.165) is 0 Å². The van der Waals surface area contributed by atoms with Gasteiger partial charge in [-0.3, -0.25) is 4.79 Å². The first-order valence-corrected chi connectivity index (χ1v) is 3.74. The second-order valence-electron chi connectivity index (χ2n) is 2.87. The highest BCUT2D eigenvalue weighted by Gasteiger charge is 2.23. The van der Waals surface area contributed by atoms with Gasteiger partial charge in [-0.15, -0.1) is 0 Å². The summed E-state index contributed by atoms with van der Waals surface area (Å²) in [5.74, 6) is -0.317. The molecule has 0 saturated heterocycles. The molecule has 0 saturated carbocycles. The van der Waals surface area contributed by atoms with E-state index >= 15 is 0 Å². The van der Waals surface area contributed by atoms with Crippen LogP contribution >= 0.6 is 0 Å². The Morgan fingerprint density at radius 2 is 2.00 bits per heavy atom. The lowest BCUT2D eigenvalue weighted by Crippen LogP contribution is -2.51. The average Bonchev–Trinajstić information content (AvgIpc) is 2.05. The third kappa shape index (κ3) is 3.50. The quantitative estimate of drug-likeness (QED) is 0.498. The zero-order valence-corrected chi connectivity index (χ0v) is 7.37. The number of hydrogen-bond acceptors (Lipinski definition) is 3. The molecule has 0 fully saturated rings. The minimum absolute atomic E-state index is 0.285. The summed E-state index contributed by atoms with van der Waals surface area (Å²) >= 11 is 0. The fourth-order valence-corrected chi connectivity index (χ4v) is 0.620. The SMILES string of the molecule is C/C=C/C(=O)NC(C)(CO)CO. The number of amides is 1. The van der Waals surface area contributed by atoms with E-state index in [0.29, 0.717) is 0 Å². The van der Waals surface area contributed by atoms with Gasteiger partial charge < -0.3 is 15.5 Å². The van der Waals surface area contributed by atoms with Crippen LogP contribution in [-0.4, -0.2) is 34.9 Å². The van der Waals surface area contributed by atoms with Crippen LogP contribution in [0.1, 0.15) is 13.8 Å². The number of rotatable bonds is 4. The number of carbonyl (C=O) groups is 1. The van der Waals surface area contributed by atoms with Crippen LogP contribution in [-0.2, 0) is 4.79 Å². The van der Waals surface area contributed by atoms with Crippen LogP contribution in [0.15, 0.2) is 12.2 Å². The first kappa shape index (κ1) is 11.1. The van der Waals surface area contributed by atoms with Gasteiger partial charge in [0.15, 0.2) is 0 Å². The van der Waals surface area contributed by atoms with Crippen molar-refractivity contribution in [2.75, 3.05) is 13.2 Å². The molecule has 3 N–H and O–H groups in total. The number of allylic oxidation sites excluding steroid dienone is 1. The molecule has 4 heteroatoms. The molecule has 0 unspecified atom stereocenters. The van der Waals surface area contributed by atoms with Crippen molar-refractivity contribution in [2.45, 2.75) is 19.4 Å².